The van der Waals surface area contributed by atoms with Crippen LogP contribution >= 0.6 is 0 Å². The number of carbonyl (C=O) groups excluding carboxylic acids is 3. The molecule has 38 heavy (non-hydrogen) atoms. The molecular formula is C27H42FN7O3. The maximum absolute atomic E-state index is 13.4. The number of piperidine rings is 1. The lowest BCUT2D eigenvalue weighted by atomic mass is 9.84. The molecule has 2 aliphatic rings. The van der Waals surface area contributed by atoms with Gasteiger partial charge in [0.1, 0.15) is 17.9 Å². The quantitative estimate of drug-likeness (QED) is 0.184. The van der Waals surface area contributed by atoms with Crippen LogP contribution in [0.3, 0.4) is 0 Å². The van der Waals surface area contributed by atoms with Gasteiger partial charge in [0.15, 0.2) is 5.96 Å². The van der Waals surface area contributed by atoms with Crippen molar-refractivity contribution in [3.63, 3.8) is 0 Å². The van der Waals surface area contributed by atoms with E-state index >= 15 is 0 Å². The van der Waals surface area contributed by atoms with Crippen molar-refractivity contribution >= 4 is 23.7 Å². The summed E-state index contributed by atoms with van der Waals surface area (Å²) in [5, 5.41) is 13.1. The Bertz CT molecular complexity index is 960. The lowest BCUT2D eigenvalue weighted by molar-refractivity contribution is -0.132. The fourth-order valence-electron chi connectivity index (χ4n) is 5.49. The minimum atomic E-state index is -1.00. The van der Waals surface area contributed by atoms with Crippen LogP contribution in [0.5, 0.6) is 0 Å². The first-order valence-electron chi connectivity index (χ1n) is 13.6. The van der Waals surface area contributed by atoms with E-state index in [4.69, 9.17) is 22.6 Å². The summed E-state index contributed by atoms with van der Waals surface area (Å²) in [7, 11) is 0. The van der Waals surface area contributed by atoms with Gasteiger partial charge in [-0.15, -0.1) is 0 Å². The van der Waals surface area contributed by atoms with Gasteiger partial charge in [-0.1, -0.05) is 44.2 Å². The van der Waals surface area contributed by atoms with Crippen LogP contribution in [0, 0.1) is 23.1 Å². The van der Waals surface area contributed by atoms with Crippen molar-refractivity contribution in [3.8, 4) is 0 Å². The second kappa shape index (κ2) is 14.1. The lowest BCUT2D eigenvalue weighted by Crippen LogP contribution is -2.56. The third kappa shape index (κ3) is 8.97. The van der Waals surface area contributed by atoms with Crippen molar-refractivity contribution in [1.82, 2.24) is 15.5 Å². The molecule has 210 valence electrons. The Labute approximate surface area is 223 Å². The van der Waals surface area contributed by atoms with Crippen LogP contribution in [0.4, 0.5) is 4.39 Å². The standard InChI is InChI=1S/C27H42FN7O3/c28-20-8-6-18(7-9-20)15-22(24(30)36)33-26(38)23(16-17-4-2-1-3-5-17)34-25(37)21(29)14-19-10-12-35(13-11-19)27(31)32/h6-9,17,19,21-23H,1-5,10-16,29H2,(H2,30,36)(H3,31,32)(H,33,38)(H,34,37)/t21-,22-,23-/m0/s1. The molecule has 0 unspecified atom stereocenters. The Morgan fingerprint density at radius 3 is 2.05 bits per heavy atom. The van der Waals surface area contributed by atoms with Crippen molar-refractivity contribution in [2.24, 2.45) is 29.0 Å². The van der Waals surface area contributed by atoms with Crippen LogP contribution in [0.1, 0.15) is 63.4 Å². The van der Waals surface area contributed by atoms with Gasteiger partial charge in [0.25, 0.3) is 0 Å². The Morgan fingerprint density at radius 2 is 1.47 bits per heavy atom. The number of likely N-dealkylation sites (tertiary alicyclic amines) is 1. The number of halogens is 1. The highest BCUT2D eigenvalue weighted by atomic mass is 19.1. The molecule has 1 aromatic rings. The topological polar surface area (TPSA) is 180 Å². The van der Waals surface area contributed by atoms with Gasteiger partial charge >= 0.3 is 0 Å². The van der Waals surface area contributed by atoms with E-state index < -0.39 is 41.7 Å². The van der Waals surface area contributed by atoms with Crippen LogP contribution in [0.25, 0.3) is 0 Å². The summed E-state index contributed by atoms with van der Waals surface area (Å²) >= 11 is 0. The van der Waals surface area contributed by atoms with E-state index in [0.717, 1.165) is 44.9 Å². The van der Waals surface area contributed by atoms with Gasteiger partial charge in [-0.05, 0) is 55.2 Å². The predicted molar refractivity (Wildman–Crippen MR) is 143 cm³/mol. The van der Waals surface area contributed by atoms with Gasteiger partial charge in [-0.25, -0.2) is 4.39 Å². The van der Waals surface area contributed by atoms with Gasteiger partial charge in [-0.2, -0.15) is 0 Å². The third-order valence-electron chi connectivity index (χ3n) is 7.82. The SMILES string of the molecule is N=C(N)N1CCC(C[C@H](N)C(=O)N[C@@H](CC2CCCCC2)C(=O)N[C@@H](Cc2ccc(F)cc2)C(N)=O)CC1. The summed E-state index contributed by atoms with van der Waals surface area (Å²) in [6.07, 6.45) is 7.92. The first kappa shape index (κ1) is 29.3. The van der Waals surface area contributed by atoms with Crippen LogP contribution in [-0.2, 0) is 20.8 Å². The van der Waals surface area contributed by atoms with Crippen LogP contribution in [-0.4, -0.2) is 59.8 Å². The average Bonchev–Trinajstić information content (AvgIpc) is 2.89. The molecule has 0 radical (unpaired) electrons. The van der Waals surface area contributed by atoms with Crippen LogP contribution in [0.15, 0.2) is 24.3 Å². The van der Waals surface area contributed by atoms with Gasteiger partial charge in [0.05, 0.1) is 6.04 Å². The fraction of sp³-hybridized carbons (Fsp3) is 0.630. The number of rotatable bonds is 11. The van der Waals surface area contributed by atoms with E-state index in [-0.39, 0.29) is 24.2 Å². The number of amides is 3. The fourth-order valence-corrected chi connectivity index (χ4v) is 5.49. The zero-order chi connectivity index (χ0) is 27.7. The normalized spacial score (nSPS) is 19.3. The molecule has 1 saturated heterocycles. The van der Waals surface area contributed by atoms with Gasteiger partial charge < -0.3 is 32.7 Å². The van der Waals surface area contributed by atoms with Crippen molar-refractivity contribution in [1.29, 1.82) is 5.41 Å². The number of carbonyl (C=O) groups is 3. The Kier molecular flexibility index (Phi) is 10.9. The highest BCUT2D eigenvalue weighted by Crippen LogP contribution is 2.28. The Balaban J connectivity index is 1.62. The van der Waals surface area contributed by atoms with Crippen molar-refractivity contribution < 1.29 is 18.8 Å². The summed E-state index contributed by atoms with van der Waals surface area (Å²) in [6, 6.07) is 3.03. The highest BCUT2D eigenvalue weighted by Gasteiger charge is 2.31. The molecule has 11 heteroatoms. The van der Waals surface area contributed by atoms with Gasteiger partial charge in [-0.3, -0.25) is 19.8 Å². The molecule has 1 saturated carbocycles. The van der Waals surface area contributed by atoms with E-state index in [2.05, 4.69) is 10.6 Å². The summed E-state index contributed by atoms with van der Waals surface area (Å²) in [6.45, 7) is 1.31. The van der Waals surface area contributed by atoms with Crippen molar-refractivity contribution in [3.05, 3.63) is 35.6 Å². The maximum atomic E-state index is 13.4. The highest BCUT2D eigenvalue weighted by molar-refractivity contribution is 5.92. The minimum absolute atomic E-state index is 0.0516. The van der Waals surface area contributed by atoms with E-state index in [1.165, 1.54) is 12.1 Å². The molecule has 0 bridgehead atoms. The number of nitrogens with two attached hydrogens (primary N) is 3. The molecule has 0 spiro atoms. The second-order valence-electron chi connectivity index (χ2n) is 10.8. The predicted octanol–water partition coefficient (Wildman–Crippen LogP) is 1.12. The number of hydrogen-bond donors (Lipinski definition) is 6. The summed E-state index contributed by atoms with van der Waals surface area (Å²) < 4.78 is 13.3. The van der Waals surface area contributed by atoms with Crippen molar-refractivity contribution in [2.45, 2.75) is 82.3 Å². The molecule has 2 fully saturated rings. The molecule has 1 heterocycles. The molecule has 3 rings (SSSR count). The number of guanidine groups is 1. The number of nitrogens with zero attached hydrogens (tertiary/aromatic N) is 1. The van der Waals surface area contributed by atoms with E-state index in [0.29, 0.717) is 31.5 Å². The van der Waals surface area contributed by atoms with Crippen LogP contribution in [0.2, 0.25) is 0 Å². The van der Waals surface area contributed by atoms with E-state index in [1.54, 1.807) is 17.0 Å². The van der Waals surface area contributed by atoms with E-state index in [9.17, 15) is 18.8 Å². The molecule has 0 aromatic heterocycles. The van der Waals surface area contributed by atoms with Crippen molar-refractivity contribution in [2.75, 3.05) is 13.1 Å². The Morgan fingerprint density at radius 1 is 0.895 bits per heavy atom. The minimum Gasteiger partial charge on any atom is -0.370 e. The third-order valence-corrected chi connectivity index (χ3v) is 7.82. The molecule has 3 atom stereocenters. The molecule has 1 aliphatic heterocycles. The average molecular weight is 532 g/mol. The first-order chi connectivity index (χ1) is 18.1. The number of primary amides is 1. The zero-order valence-electron chi connectivity index (χ0n) is 22.0. The molecule has 10 nitrogen and oxygen atoms in total. The summed E-state index contributed by atoms with van der Waals surface area (Å²) in [5.41, 5.74) is 18.0. The zero-order valence-corrected chi connectivity index (χ0v) is 22.0. The van der Waals surface area contributed by atoms with Gasteiger partial charge in [0.2, 0.25) is 17.7 Å². The Hall–Kier alpha value is -3.21. The molecule has 1 aromatic carbocycles. The first-order valence-corrected chi connectivity index (χ1v) is 13.6. The second-order valence-corrected chi connectivity index (χ2v) is 10.8. The number of hydrogen-bond acceptors (Lipinski definition) is 5. The lowest BCUT2D eigenvalue weighted by Gasteiger charge is -2.33. The largest absolute Gasteiger partial charge is 0.370 e. The summed E-state index contributed by atoms with van der Waals surface area (Å²) in [4.78, 5) is 40.4. The number of nitrogens with one attached hydrogen (secondary N) is 3. The van der Waals surface area contributed by atoms with Crippen LogP contribution < -0.4 is 27.8 Å². The smallest absolute Gasteiger partial charge is 0.243 e. The molecule has 1 aliphatic carbocycles. The molecule has 3 amide bonds. The number of benzene rings is 1. The van der Waals surface area contributed by atoms with Gasteiger partial charge in [0, 0.05) is 19.5 Å². The van der Waals surface area contributed by atoms with E-state index in [1.807, 2.05) is 0 Å². The maximum Gasteiger partial charge on any atom is 0.243 e. The molecule has 9 N–H and O–H groups in total. The molecular weight excluding hydrogens is 489 g/mol. The monoisotopic (exact) mass is 531 g/mol. The summed E-state index contributed by atoms with van der Waals surface area (Å²) in [5.74, 6) is -1.41.